The van der Waals surface area contributed by atoms with Gasteiger partial charge in [0.2, 0.25) is 0 Å². The normalized spacial score (nSPS) is 15.9. The molecule has 0 bridgehead atoms. The molecule has 0 saturated carbocycles. The van der Waals surface area contributed by atoms with Crippen LogP contribution in [0.5, 0.6) is 0 Å². The Balaban J connectivity index is 2.22. The van der Waals surface area contributed by atoms with Crippen LogP contribution in [-0.4, -0.2) is 4.40 Å². The largest absolute Gasteiger partial charge is 0.299 e. The number of hydrogen-bond acceptors (Lipinski definition) is 0. The van der Waals surface area contributed by atoms with E-state index in [1.807, 2.05) is 0 Å². The van der Waals surface area contributed by atoms with Crippen molar-refractivity contribution in [3.63, 3.8) is 0 Å². The summed E-state index contributed by atoms with van der Waals surface area (Å²) in [5, 5.41) is 4.01. The summed E-state index contributed by atoms with van der Waals surface area (Å²) in [6, 6.07) is 15.4. The van der Waals surface area contributed by atoms with Gasteiger partial charge in [0, 0.05) is 16.2 Å². The molecule has 2 aromatic carbocycles. The van der Waals surface area contributed by atoms with E-state index < -0.39 is 0 Å². The zero-order chi connectivity index (χ0) is 14.9. The van der Waals surface area contributed by atoms with Gasteiger partial charge in [-0.25, -0.2) is 4.57 Å². The Morgan fingerprint density at radius 2 is 1.77 bits per heavy atom. The molecular formula is C20H17N2+. The Hall–Kier alpha value is -2.61. The molecule has 3 heterocycles. The van der Waals surface area contributed by atoms with Crippen LogP contribution in [-0.2, 0) is 5.41 Å². The molecule has 2 aromatic heterocycles. The van der Waals surface area contributed by atoms with Crippen molar-refractivity contribution in [2.45, 2.75) is 19.3 Å². The summed E-state index contributed by atoms with van der Waals surface area (Å²) in [5.41, 5.74) is 3.93. The summed E-state index contributed by atoms with van der Waals surface area (Å²) in [4.78, 5) is 0. The third-order valence-corrected chi connectivity index (χ3v) is 4.94. The first-order valence-corrected chi connectivity index (χ1v) is 7.72. The van der Waals surface area contributed by atoms with Crippen molar-refractivity contribution in [3.05, 3.63) is 66.5 Å². The standard InChI is InChI=1S/C20H17N2/c1-20(2)10-11-21-12-13-22-17-9-4-3-6-14(17)15-7-5-8-16(20)18(15)19(21)22/h3-13H,1-2H3/q+1. The number of rotatable bonds is 0. The summed E-state index contributed by atoms with van der Waals surface area (Å²) in [6.07, 6.45) is 8.81. The molecule has 0 aliphatic carbocycles. The Morgan fingerprint density at radius 3 is 2.68 bits per heavy atom. The number of aromatic nitrogens is 2. The predicted octanol–water partition coefficient (Wildman–Crippen LogP) is 4.30. The number of imidazole rings is 1. The number of nitrogens with zero attached hydrogens (tertiary/aromatic N) is 2. The fraction of sp³-hybridized carbons (Fsp3) is 0.150. The molecule has 5 rings (SSSR count). The van der Waals surface area contributed by atoms with Crippen molar-refractivity contribution in [2.24, 2.45) is 0 Å². The van der Waals surface area contributed by atoms with Crippen molar-refractivity contribution >= 4 is 33.5 Å². The monoisotopic (exact) mass is 285 g/mol. The zero-order valence-electron chi connectivity index (χ0n) is 12.7. The van der Waals surface area contributed by atoms with Gasteiger partial charge in [0.05, 0.1) is 11.6 Å². The van der Waals surface area contributed by atoms with Crippen LogP contribution >= 0.6 is 0 Å². The topological polar surface area (TPSA) is 8.29 Å². The van der Waals surface area contributed by atoms with Gasteiger partial charge in [-0.2, -0.15) is 4.40 Å². The third-order valence-electron chi connectivity index (χ3n) is 4.94. The molecular weight excluding hydrogens is 268 g/mol. The van der Waals surface area contributed by atoms with Crippen molar-refractivity contribution in [2.75, 3.05) is 0 Å². The number of hydrogen-bond donors (Lipinski definition) is 0. The lowest BCUT2D eigenvalue weighted by Gasteiger charge is -2.21. The van der Waals surface area contributed by atoms with E-state index in [0.29, 0.717) is 0 Å². The van der Waals surface area contributed by atoms with Gasteiger partial charge >= 0.3 is 0 Å². The molecule has 4 aromatic rings. The van der Waals surface area contributed by atoms with E-state index in [0.717, 1.165) is 0 Å². The summed E-state index contributed by atoms with van der Waals surface area (Å²) in [7, 11) is 0. The minimum atomic E-state index is 0.0223. The lowest BCUT2D eigenvalue weighted by molar-refractivity contribution is -0.537. The van der Waals surface area contributed by atoms with Crippen LogP contribution in [0.25, 0.3) is 33.5 Å². The second-order valence-electron chi connectivity index (χ2n) is 6.68. The van der Waals surface area contributed by atoms with Gasteiger partial charge in [-0.05, 0) is 17.7 Å². The highest BCUT2D eigenvalue weighted by atomic mass is 15.1. The first-order chi connectivity index (χ1) is 10.7. The van der Waals surface area contributed by atoms with Crippen LogP contribution in [0, 0.1) is 0 Å². The number of para-hydroxylation sites is 1. The van der Waals surface area contributed by atoms with Crippen LogP contribution in [0.1, 0.15) is 19.4 Å². The fourth-order valence-electron chi connectivity index (χ4n) is 3.79. The molecule has 0 saturated heterocycles. The van der Waals surface area contributed by atoms with Gasteiger partial charge in [0.15, 0.2) is 0 Å². The van der Waals surface area contributed by atoms with Crippen LogP contribution in [0.15, 0.2) is 60.9 Å². The van der Waals surface area contributed by atoms with Crippen LogP contribution in [0.4, 0.5) is 0 Å². The summed E-state index contributed by atoms with van der Waals surface area (Å²) >= 11 is 0. The van der Waals surface area contributed by atoms with Gasteiger partial charge < -0.3 is 0 Å². The van der Waals surface area contributed by atoms with Crippen molar-refractivity contribution in [1.82, 2.24) is 4.40 Å². The molecule has 0 spiro atoms. The third kappa shape index (κ3) is 1.32. The molecule has 106 valence electrons. The van der Waals surface area contributed by atoms with E-state index in [9.17, 15) is 0 Å². The summed E-state index contributed by atoms with van der Waals surface area (Å²) < 4.78 is 4.56. The second kappa shape index (κ2) is 3.77. The highest BCUT2D eigenvalue weighted by Crippen LogP contribution is 2.38. The van der Waals surface area contributed by atoms with Crippen LogP contribution in [0.3, 0.4) is 0 Å². The van der Waals surface area contributed by atoms with E-state index in [1.54, 1.807) is 0 Å². The van der Waals surface area contributed by atoms with E-state index >= 15 is 0 Å². The molecule has 0 unspecified atom stereocenters. The first-order valence-electron chi connectivity index (χ1n) is 7.72. The fourth-order valence-corrected chi connectivity index (χ4v) is 3.79. The van der Waals surface area contributed by atoms with Crippen LogP contribution < -0.4 is 4.57 Å². The number of allylic oxidation sites excluding steroid dienone is 1. The molecule has 0 radical (unpaired) electrons. The Morgan fingerprint density at radius 1 is 0.955 bits per heavy atom. The Bertz CT molecular complexity index is 1100. The smallest absolute Gasteiger partial charge is 0.202 e. The second-order valence-corrected chi connectivity index (χ2v) is 6.68. The molecule has 0 N–H and O–H groups in total. The maximum Gasteiger partial charge on any atom is 0.299 e. The molecule has 22 heavy (non-hydrogen) atoms. The Labute approximate surface area is 128 Å². The predicted molar refractivity (Wildman–Crippen MR) is 91.0 cm³/mol. The molecule has 0 amide bonds. The molecule has 0 atom stereocenters. The van der Waals surface area contributed by atoms with E-state index in [-0.39, 0.29) is 5.41 Å². The zero-order valence-corrected chi connectivity index (χ0v) is 12.7. The maximum absolute atomic E-state index is 2.31. The van der Waals surface area contributed by atoms with E-state index in [2.05, 4.69) is 89.9 Å². The molecule has 2 heteroatoms. The summed E-state index contributed by atoms with van der Waals surface area (Å²) in [5.74, 6) is 0. The van der Waals surface area contributed by atoms with Gasteiger partial charge in [-0.15, -0.1) is 0 Å². The van der Waals surface area contributed by atoms with Gasteiger partial charge in [-0.1, -0.05) is 50.2 Å². The number of pyridine rings is 1. The highest BCUT2D eigenvalue weighted by molar-refractivity contribution is 6.12. The average molecular weight is 285 g/mol. The van der Waals surface area contributed by atoms with Crippen molar-refractivity contribution in [1.29, 1.82) is 0 Å². The number of benzene rings is 2. The summed E-state index contributed by atoms with van der Waals surface area (Å²) in [6.45, 7) is 4.58. The maximum atomic E-state index is 2.31. The number of fused-ring (bicyclic) bond motifs is 3. The van der Waals surface area contributed by atoms with Crippen LogP contribution in [0.2, 0.25) is 0 Å². The van der Waals surface area contributed by atoms with Gasteiger partial charge in [0.25, 0.3) is 5.65 Å². The van der Waals surface area contributed by atoms with Crippen molar-refractivity contribution in [3.8, 4) is 0 Å². The quantitative estimate of drug-likeness (QED) is 0.336. The average Bonchev–Trinajstić information content (AvgIpc) is 2.92. The van der Waals surface area contributed by atoms with E-state index in [1.165, 1.54) is 32.9 Å². The van der Waals surface area contributed by atoms with Crippen molar-refractivity contribution < 1.29 is 4.57 Å². The van der Waals surface area contributed by atoms with Gasteiger partial charge in [-0.3, -0.25) is 0 Å². The lowest BCUT2D eigenvalue weighted by Crippen LogP contribution is -2.23. The first kappa shape index (κ1) is 12.0. The molecule has 2 nitrogen and oxygen atoms in total. The SMILES string of the molecule is CC1(C)C=C[n+]2ccn3c4ccccc4c4cccc1c4c32. The molecule has 1 aliphatic heterocycles. The molecule has 1 aliphatic rings. The van der Waals surface area contributed by atoms with E-state index in [4.69, 9.17) is 0 Å². The highest BCUT2D eigenvalue weighted by Gasteiger charge is 2.29. The van der Waals surface area contributed by atoms with Gasteiger partial charge in [0.1, 0.15) is 17.9 Å². The Kier molecular flexibility index (Phi) is 2.06. The molecule has 0 fully saturated rings. The minimum Gasteiger partial charge on any atom is -0.202 e. The minimum absolute atomic E-state index is 0.0223. The lowest BCUT2D eigenvalue weighted by atomic mass is 9.82.